The summed E-state index contributed by atoms with van der Waals surface area (Å²) >= 11 is 0. The van der Waals surface area contributed by atoms with Crippen molar-refractivity contribution in [1.82, 2.24) is 0 Å². The second-order valence-corrected chi connectivity index (χ2v) is 6.38. The fourth-order valence-electron chi connectivity index (χ4n) is 3.40. The number of nitrogens with two attached hydrogens (primary N) is 1. The zero-order valence-electron chi connectivity index (χ0n) is 12.7. The molecule has 0 radical (unpaired) electrons. The van der Waals surface area contributed by atoms with E-state index in [2.05, 4.69) is 10.6 Å². The maximum atomic E-state index is 12.2. The van der Waals surface area contributed by atoms with Crippen LogP contribution in [0.25, 0.3) is 0 Å². The fraction of sp³-hybridized carbons (Fsp3) is 0.529. The molecule has 2 aliphatic rings. The number of hydrogen-bond donors (Lipinski definition) is 3. The van der Waals surface area contributed by atoms with Gasteiger partial charge in [-0.25, -0.2) is 0 Å². The van der Waals surface area contributed by atoms with Crippen LogP contribution in [0.4, 0.5) is 11.4 Å². The highest BCUT2D eigenvalue weighted by Crippen LogP contribution is 2.28. The van der Waals surface area contributed by atoms with Crippen LogP contribution in [-0.4, -0.2) is 17.9 Å². The third-order valence-corrected chi connectivity index (χ3v) is 4.70. The van der Waals surface area contributed by atoms with E-state index >= 15 is 0 Å². The van der Waals surface area contributed by atoms with Gasteiger partial charge in [-0.3, -0.25) is 9.59 Å². The molecular weight excluding hydrogens is 278 g/mol. The van der Waals surface area contributed by atoms with Gasteiger partial charge in [0.05, 0.1) is 0 Å². The number of hydrogen-bond acceptors (Lipinski definition) is 3. The summed E-state index contributed by atoms with van der Waals surface area (Å²) in [6.07, 6.45) is 6.13. The standard InChI is InChI=1S/C17H23N3O2/c18-14-4-2-1-3-11(14)10-17(22)19-13-6-7-15-12(9-13)5-8-16(21)20-15/h6-7,9,11,14H,1-5,8,10,18H2,(H,19,22)(H,20,21). The van der Waals surface area contributed by atoms with Crippen LogP contribution in [0.15, 0.2) is 18.2 Å². The average molecular weight is 301 g/mol. The smallest absolute Gasteiger partial charge is 0.224 e. The average Bonchev–Trinajstić information content (AvgIpc) is 2.50. The lowest BCUT2D eigenvalue weighted by atomic mass is 9.83. The summed E-state index contributed by atoms with van der Waals surface area (Å²) in [5.41, 5.74) is 8.83. The van der Waals surface area contributed by atoms with E-state index in [9.17, 15) is 9.59 Å². The molecule has 4 N–H and O–H groups in total. The lowest BCUT2D eigenvalue weighted by molar-refractivity contribution is -0.117. The Morgan fingerprint density at radius 3 is 2.91 bits per heavy atom. The van der Waals surface area contributed by atoms with Crippen molar-refractivity contribution in [3.63, 3.8) is 0 Å². The molecule has 1 aliphatic carbocycles. The molecule has 1 aromatic rings. The number of rotatable bonds is 3. The number of fused-ring (bicyclic) bond motifs is 1. The fourth-order valence-corrected chi connectivity index (χ4v) is 3.40. The number of benzene rings is 1. The highest BCUT2D eigenvalue weighted by Gasteiger charge is 2.24. The number of carbonyl (C=O) groups is 2. The minimum Gasteiger partial charge on any atom is -0.327 e. The molecule has 2 amide bonds. The molecule has 0 spiro atoms. The third-order valence-electron chi connectivity index (χ3n) is 4.70. The van der Waals surface area contributed by atoms with E-state index in [0.29, 0.717) is 18.8 Å². The van der Waals surface area contributed by atoms with Crippen LogP contribution in [0.1, 0.15) is 44.1 Å². The van der Waals surface area contributed by atoms with E-state index < -0.39 is 0 Å². The van der Waals surface area contributed by atoms with Gasteiger partial charge in [-0.1, -0.05) is 12.8 Å². The Bertz CT molecular complexity index is 585. The lowest BCUT2D eigenvalue weighted by Crippen LogP contribution is -2.35. The van der Waals surface area contributed by atoms with E-state index in [1.807, 2.05) is 18.2 Å². The monoisotopic (exact) mass is 301 g/mol. The van der Waals surface area contributed by atoms with Gasteiger partial charge < -0.3 is 16.4 Å². The zero-order valence-corrected chi connectivity index (χ0v) is 12.7. The number of nitrogens with one attached hydrogen (secondary N) is 2. The molecule has 1 fully saturated rings. The van der Waals surface area contributed by atoms with E-state index in [0.717, 1.165) is 36.2 Å². The number of aryl methyl sites for hydroxylation is 1. The summed E-state index contributed by atoms with van der Waals surface area (Å²) in [6, 6.07) is 5.79. The molecule has 2 atom stereocenters. The molecule has 118 valence electrons. The molecule has 22 heavy (non-hydrogen) atoms. The van der Waals surface area contributed by atoms with Gasteiger partial charge in [-0.2, -0.15) is 0 Å². The molecule has 1 aromatic carbocycles. The quantitative estimate of drug-likeness (QED) is 0.801. The van der Waals surface area contributed by atoms with E-state index in [1.54, 1.807) is 0 Å². The van der Waals surface area contributed by atoms with Crippen molar-refractivity contribution < 1.29 is 9.59 Å². The van der Waals surface area contributed by atoms with Crippen molar-refractivity contribution in [3.8, 4) is 0 Å². The molecule has 0 aromatic heterocycles. The Morgan fingerprint density at radius 2 is 2.09 bits per heavy atom. The molecular formula is C17H23N3O2. The first kappa shape index (κ1) is 15.0. The maximum Gasteiger partial charge on any atom is 0.224 e. The molecule has 1 aliphatic heterocycles. The Balaban J connectivity index is 1.60. The van der Waals surface area contributed by atoms with Crippen molar-refractivity contribution in [2.24, 2.45) is 11.7 Å². The van der Waals surface area contributed by atoms with Crippen molar-refractivity contribution in [2.75, 3.05) is 10.6 Å². The Kier molecular flexibility index (Phi) is 4.43. The van der Waals surface area contributed by atoms with Gasteiger partial charge in [-0.05, 0) is 48.9 Å². The molecule has 1 saturated carbocycles. The summed E-state index contributed by atoms with van der Waals surface area (Å²) in [7, 11) is 0. The number of anilines is 2. The number of amides is 2. The van der Waals surface area contributed by atoms with Crippen LogP contribution in [-0.2, 0) is 16.0 Å². The van der Waals surface area contributed by atoms with Crippen LogP contribution >= 0.6 is 0 Å². The van der Waals surface area contributed by atoms with Crippen LogP contribution in [0, 0.1) is 5.92 Å². The van der Waals surface area contributed by atoms with Gasteiger partial charge in [0.2, 0.25) is 11.8 Å². The summed E-state index contributed by atoms with van der Waals surface area (Å²) < 4.78 is 0. The van der Waals surface area contributed by atoms with E-state index in [4.69, 9.17) is 5.73 Å². The van der Waals surface area contributed by atoms with Gasteiger partial charge >= 0.3 is 0 Å². The summed E-state index contributed by atoms with van der Waals surface area (Å²) in [6.45, 7) is 0. The highest BCUT2D eigenvalue weighted by atomic mass is 16.2. The minimum atomic E-state index is 0.0298. The number of carbonyl (C=O) groups excluding carboxylic acids is 2. The van der Waals surface area contributed by atoms with Gasteiger partial charge in [0.15, 0.2) is 0 Å². The maximum absolute atomic E-state index is 12.2. The van der Waals surface area contributed by atoms with Gasteiger partial charge in [0, 0.05) is 30.3 Å². The predicted octanol–water partition coefficient (Wildman–Crippen LogP) is 2.42. The van der Waals surface area contributed by atoms with Crippen LogP contribution < -0.4 is 16.4 Å². The van der Waals surface area contributed by atoms with Gasteiger partial charge in [0.25, 0.3) is 0 Å². The second-order valence-electron chi connectivity index (χ2n) is 6.38. The summed E-state index contributed by atoms with van der Waals surface area (Å²) in [5, 5.41) is 5.81. The Hall–Kier alpha value is -1.88. The molecule has 2 unspecified atom stereocenters. The van der Waals surface area contributed by atoms with Gasteiger partial charge in [0.1, 0.15) is 0 Å². The van der Waals surface area contributed by atoms with Crippen LogP contribution in [0.2, 0.25) is 0 Å². The molecule has 1 heterocycles. The van der Waals surface area contributed by atoms with Crippen LogP contribution in [0.5, 0.6) is 0 Å². The molecule has 0 saturated heterocycles. The first-order valence-corrected chi connectivity index (χ1v) is 8.10. The SMILES string of the molecule is NC1CCCCC1CC(=O)Nc1ccc2c(c1)CCC(=O)N2. The topological polar surface area (TPSA) is 84.2 Å². The zero-order chi connectivity index (χ0) is 15.5. The molecule has 5 nitrogen and oxygen atoms in total. The largest absolute Gasteiger partial charge is 0.327 e. The lowest BCUT2D eigenvalue weighted by Gasteiger charge is -2.28. The normalized spacial score (nSPS) is 24.3. The molecule has 0 bridgehead atoms. The van der Waals surface area contributed by atoms with Crippen LogP contribution in [0.3, 0.4) is 0 Å². The first-order chi connectivity index (χ1) is 10.6. The minimum absolute atomic E-state index is 0.0298. The van der Waals surface area contributed by atoms with Crippen molar-refractivity contribution in [2.45, 2.75) is 51.0 Å². The summed E-state index contributed by atoms with van der Waals surface area (Å²) in [4.78, 5) is 23.6. The van der Waals surface area contributed by atoms with Crippen molar-refractivity contribution in [1.29, 1.82) is 0 Å². The van der Waals surface area contributed by atoms with Gasteiger partial charge in [-0.15, -0.1) is 0 Å². The third kappa shape index (κ3) is 3.47. The van der Waals surface area contributed by atoms with Crippen molar-refractivity contribution in [3.05, 3.63) is 23.8 Å². The van der Waals surface area contributed by atoms with Crippen molar-refractivity contribution >= 4 is 23.2 Å². The van der Waals surface area contributed by atoms with E-state index in [-0.39, 0.29) is 17.9 Å². The predicted molar refractivity (Wildman–Crippen MR) is 86.6 cm³/mol. The first-order valence-electron chi connectivity index (χ1n) is 8.10. The molecule has 5 heteroatoms. The Labute approximate surface area is 130 Å². The Morgan fingerprint density at radius 1 is 1.27 bits per heavy atom. The summed E-state index contributed by atoms with van der Waals surface area (Å²) in [5.74, 6) is 0.378. The highest BCUT2D eigenvalue weighted by molar-refractivity contribution is 5.95. The molecule has 3 rings (SSSR count). The second kappa shape index (κ2) is 6.48. The van der Waals surface area contributed by atoms with E-state index in [1.165, 1.54) is 12.8 Å².